The Morgan fingerprint density at radius 2 is 1.06 bits per heavy atom. The molecule has 0 saturated heterocycles. The van der Waals surface area contributed by atoms with E-state index in [1.165, 1.54) is 0 Å². The molecule has 51 heavy (non-hydrogen) atoms. The van der Waals surface area contributed by atoms with Gasteiger partial charge in [0.2, 0.25) is 5.95 Å². The fraction of sp³-hybridized carbons (Fsp3) is 0. The van der Waals surface area contributed by atoms with E-state index in [1.54, 1.807) is 12.7 Å². The monoisotopic (exact) mass is 655 g/mol. The van der Waals surface area contributed by atoms with Crippen molar-refractivity contribution in [1.82, 2.24) is 19.5 Å². The van der Waals surface area contributed by atoms with Gasteiger partial charge in [-0.2, -0.15) is 0 Å². The summed E-state index contributed by atoms with van der Waals surface area (Å²) in [6.07, 6.45) is 3.11. The van der Waals surface area contributed by atoms with Crippen LogP contribution in [0.4, 0.5) is 17.1 Å². The van der Waals surface area contributed by atoms with Crippen molar-refractivity contribution in [3.05, 3.63) is 176 Å². The number of benzene rings is 7. The van der Waals surface area contributed by atoms with Crippen molar-refractivity contribution >= 4 is 60.8 Å². The molecule has 0 aliphatic heterocycles. The molecule has 3 aromatic heterocycles. The average molecular weight is 656 g/mol. The minimum absolute atomic E-state index is 0.542. The van der Waals surface area contributed by atoms with Gasteiger partial charge in [-0.15, -0.1) is 0 Å². The highest BCUT2D eigenvalue weighted by molar-refractivity contribution is 6.28. The number of para-hydroxylation sites is 2. The van der Waals surface area contributed by atoms with E-state index in [4.69, 9.17) is 14.4 Å². The largest absolute Gasteiger partial charge is 0.456 e. The number of aromatic nitrogens is 4. The van der Waals surface area contributed by atoms with Crippen molar-refractivity contribution in [2.45, 2.75) is 0 Å². The second-order valence-electron chi connectivity index (χ2n) is 12.5. The molecular formula is C45H29N5O. The SMILES string of the molecule is c1ccc(-c2cccc(N(c3cccc(-c4ccccc4)c3)c3cccc4c5c6c(ccc5n(-c5ncncn5)c34)oc3ccccc36)c2)cc1. The maximum atomic E-state index is 6.39. The Morgan fingerprint density at radius 3 is 1.75 bits per heavy atom. The highest BCUT2D eigenvalue weighted by Gasteiger charge is 2.25. The van der Waals surface area contributed by atoms with Gasteiger partial charge in [0.25, 0.3) is 0 Å². The first-order valence-corrected chi connectivity index (χ1v) is 16.9. The predicted octanol–water partition coefficient (Wildman–Crippen LogP) is 11.7. The lowest BCUT2D eigenvalue weighted by Crippen LogP contribution is -2.12. The molecule has 0 unspecified atom stereocenters. The van der Waals surface area contributed by atoms with Crippen LogP contribution in [0.2, 0.25) is 0 Å². The van der Waals surface area contributed by atoms with E-state index in [-0.39, 0.29) is 0 Å². The Morgan fingerprint density at radius 1 is 0.471 bits per heavy atom. The number of hydrogen-bond acceptors (Lipinski definition) is 5. The Kier molecular flexibility index (Phi) is 6.70. The molecule has 0 saturated carbocycles. The molecule has 0 amide bonds. The van der Waals surface area contributed by atoms with Crippen LogP contribution in [-0.2, 0) is 0 Å². The van der Waals surface area contributed by atoms with Crippen molar-refractivity contribution in [2.24, 2.45) is 0 Å². The second kappa shape index (κ2) is 11.8. The molecule has 10 rings (SSSR count). The standard InChI is InChI=1S/C45H29N5O/c1-3-12-30(13-4-1)32-16-9-18-34(26-32)49(35-19-10-17-33(27-35)31-14-5-2-6-15-31)39-22-11-21-37-42-38(50(44(37)39)45-47-28-46-29-48-45)24-25-41-43(42)36-20-7-8-23-40(36)51-41/h1-29H. The third kappa shape index (κ3) is 4.76. The van der Waals surface area contributed by atoms with Gasteiger partial charge in [0.1, 0.15) is 23.8 Å². The van der Waals surface area contributed by atoms with Crippen LogP contribution in [0.3, 0.4) is 0 Å². The van der Waals surface area contributed by atoms with Crippen LogP contribution >= 0.6 is 0 Å². The summed E-state index contributed by atoms with van der Waals surface area (Å²) in [6, 6.07) is 57.5. The predicted molar refractivity (Wildman–Crippen MR) is 207 cm³/mol. The van der Waals surface area contributed by atoms with E-state index in [1.807, 2.05) is 12.1 Å². The smallest absolute Gasteiger partial charge is 0.237 e. The summed E-state index contributed by atoms with van der Waals surface area (Å²) in [5.74, 6) is 0.542. The van der Waals surface area contributed by atoms with Crippen molar-refractivity contribution in [2.75, 3.05) is 4.90 Å². The Hall–Kier alpha value is -7.05. The molecule has 7 aromatic carbocycles. The molecule has 6 heteroatoms. The van der Waals surface area contributed by atoms with E-state index in [0.29, 0.717) is 5.95 Å². The lowest BCUT2D eigenvalue weighted by atomic mass is 10.0. The van der Waals surface area contributed by atoms with Gasteiger partial charge >= 0.3 is 0 Å². The lowest BCUT2D eigenvalue weighted by molar-refractivity contribution is 0.669. The van der Waals surface area contributed by atoms with Gasteiger partial charge in [0, 0.05) is 32.9 Å². The van der Waals surface area contributed by atoms with Gasteiger partial charge in [-0.3, -0.25) is 4.57 Å². The number of fused-ring (bicyclic) bond motifs is 7. The van der Waals surface area contributed by atoms with Gasteiger partial charge < -0.3 is 9.32 Å². The molecule has 6 nitrogen and oxygen atoms in total. The molecule has 0 aliphatic rings. The van der Waals surface area contributed by atoms with Crippen molar-refractivity contribution < 1.29 is 4.42 Å². The molecule has 3 heterocycles. The number of rotatable bonds is 6. The quantitative estimate of drug-likeness (QED) is 0.178. The van der Waals surface area contributed by atoms with Crippen molar-refractivity contribution in [3.8, 4) is 28.2 Å². The van der Waals surface area contributed by atoms with Crippen molar-refractivity contribution in [3.63, 3.8) is 0 Å². The maximum Gasteiger partial charge on any atom is 0.237 e. The summed E-state index contributed by atoms with van der Waals surface area (Å²) in [7, 11) is 0. The normalized spacial score (nSPS) is 11.5. The molecule has 0 aliphatic carbocycles. The van der Waals surface area contributed by atoms with Crippen molar-refractivity contribution in [1.29, 1.82) is 0 Å². The summed E-state index contributed by atoms with van der Waals surface area (Å²) >= 11 is 0. The molecule has 10 aromatic rings. The third-order valence-corrected chi connectivity index (χ3v) is 9.61. The zero-order chi connectivity index (χ0) is 33.7. The van der Waals surface area contributed by atoms with E-state index in [9.17, 15) is 0 Å². The van der Waals surface area contributed by atoms with Crippen LogP contribution in [0, 0.1) is 0 Å². The summed E-state index contributed by atoms with van der Waals surface area (Å²) in [5, 5.41) is 4.30. The maximum absolute atomic E-state index is 6.39. The van der Waals surface area contributed by atoms with Gasteiger partial charge in [0.05, 0.1) is 16.7 Å². The van der Waals surface area contributed by atoms with Crippen LogP contribution in [0.25, 0.3) is 71.9 Å². The van der Waals surface area contributed by atoms with Gasteiger partial charge in [0.15, 0.2) is 0 Å². The van der Waals surface area contributed by atoms with Gasteiger partial charge in [-0.25, -0.2) is 15.0 Å². The number of hydrogen-bond donors (Lipinski definition) is 0. The van der Waals surface area contributed by atoms with Crippen LogP contribution in [-0.4, -0.2) is 19.5 Å². The van der Waals surface area contributed by atoms with Gasteiger partial charge in [-0.05, 0) is 70.8 Å². The van der Waals surface area contributed by atoms with Crippen LogP contribution < -0.4 is 4.90 Å². The fourth-order valence-corrected chi connectivity index (χ4v) is 7.43. The Labute approximate surface area is 293 Å². The molecule has 0 atom stereocenters. The number of nitrogens with zero attached hydrogens (tertiary/aromatic N) is 5. The Balaban J connectivity index is 1.32. The first-order valence-electron chi connectivity index (χ1n) is 16.9. The summed E-state index contributed by atoms with van der Waals surface area (Å²) in [4.78, 5) is 15.9. The molecule has 0 bridgehead atoms. The van der Waals surface area contributed by atoms with E-state index < -0.39 is 0 Å². The number of anilines is 3. The highest BCUT2D eigenvalue weighted by Crippen LogP contribution is 2.47. The first-order chi connectivity index (χ1) is 25.3. The average Bonchev–Trinajstić information content (AvgIpc) is 3.75. The van der Waals surface area contributed by atoms with E-state index >= 15 is 0 Å². The van der Waals surface area contributed by atoms with Gasteiger partial charge in [-0.1, -0.05) is 115 Å². The second-order valence-corrected chi connectivity index (χ2v) is 12.5. The zero-order valence-corrected chi connectivity index (χ0v) is 27.4. The van der Waals surface area contributed by atoms with E-state index in [2.05, 4.69) is 166 Å². The minimum Gasteiger partial charge on any atom is -0.456 e. The summed E-state index contributed by atoms with van der Waals surface area (Å²) < 4.78 is 8.55. The van der Waals surface area contributed by atoms with E-state index in [0.717, 1.165) is 83.1 Å². The first kappa shape index (κ1) is 28.9. The molecule has 240 valence electrons. The minimum atomic E-state index is 0.542. The van der Waals surface area contributed by atoms with Crippen LogP contribution in [0.15, 0.2) is 181 Å². The molecule has 0 fully saturated rings. The lowest BCUT2D eigenvalue weighted by Gasteiger charge is -2.28. The van der Waals surface area contributed by atoms with Crippen LogP contribution in [0.5, 0.6) is 0 Å². The third-order valence-electron chi connectivity index (χ3n) is 9.61. The fourth-order valence-electron chi connectivity index (χ4n) is 7.43. The molecular weight excluding hydrogens is 627 g/mol. The topological polar surface area (TPSA) is 60.0 Å². The summed E-state index contributed by atoms with van der Waals surface area (Å²) in [5.41, 5.74) is 11.3. The highest BCUT2D eigenvalue weighted by atomic mass is 16.3. The molecule has 0 radical (unpaired) electrons. The molecule has 0 spiro atoms. The van der Waals surface area contributed by atoms with Crippen LogP contribution in [0.1, 0.15) is 0 Å². The zero-order valence-electron chi connectivity index (χ0n) is 27.4. The number of furan rings is 1. The molecule has 0 N–H and O–H groups in total. The Bertz CT molecular complexity index is 2780. The summed E-state index contributed by atoms with van der Waals surface area (Å²) in [6.45, 7) is 0.